The minimum Gasteiger partial charge on any atom is -0.373 e. The lowest BCUT2D eigenvalue weighted by molar-refractivity contribution is -0.380. The fourth-order valence-electron chi connectivity index (χ4n) is 2.70. The minimum atomic E-state index is -5.35. The number of sulfone groups is 1. The van der Waals surface area contributed by atoms with Gasteiger partial charge in [-0.05, 0) is 24.6 Å². The molecule has 1 aromatic carbocycles. The van der Waals surface area contributed by atoms with Gasteiger partial charge in [0.1, 0.15) is 0 Å². The maximum atomic E-state index is 13.0. The Labute approximate surface area is 170 Å². The summed E-state index contributed by atoms with van der Waals surface area (Å²) in [6, 6.07) is 4.06. The number of carbonyl (C=O) groups excluding carboxylic acids is 2. The second-order valence-corrected chi connectivity index (χ2v) is 9.48. The van der Waals surface area contributed by atoms with Crippen LogP contribution in [0.1, 0.15) is 27.7 Å². The topological polar surface area (TPSA) is 144 Å². The van der Waals surface area contributed by atoms with Crippen LogP contribution in [0.5, 0.6) is 0 Å². The maximum absolute atomic E-state index is 13.0. The summed E-state index contributed by atoms with van der Waals surface area (Å²) in [4.78, 5) is 34.4. The van der Waals surface area contributed by atoms with Gasteiger partial charge in [-0.2, -0.15) is 13.2 Å². The molecule has 0 saturated carbocycles. The van der Waals surface area contributed by atoms with Crippen LogP contribution in [0.4, 0.5) is 23.9 Å². The Kier molecular flexibility index (Phi) is 4.99. The van der Waals surface area contributed by atoms with Crippen molar-refractivity contribution in [2.75, 3.05) is 5.32 Å². The monoisotopic (exact) mass is 464 g/mol. The molecule has 3 rings (SSSR count). The van der Waals surface area contributed by atoms with Crippen LogP contribution in [-0.4, -0.2) is 41.9 Å². The van der Waals surface area contributed by atoms with E-state index in [1.807, 2.05) is 0 Å². The van der Waals surface area contributed by atoms with Gasteiger partial charge in [-0.15, -0.1) is 0 Å². The Morgan fingerprint density at radius 3 is 2.53 bits per heavy atom. The first-order valence-corrected chi connectivity index (χ1v) is 10.4. The van der Waals surface area contributed by atoms with Gasteiger partial charge in [0.15, 0.2) is 9.84 Å². The van der Waals surface area contributed by atoms with E-state index < -0.39 is 65.1 Å². The van der Waals surface area contributed by atoms with Crippen molar-refractivity contribution in [2.45, 2.75) is 29.3 Å². The molecule has 2 aromatic rings. The summed E-state index contributed by atoms with van der Waals surface area (Å²) in [5.74, 6) is -3.69. The number of halogens is 3. The highest BCUT2D eigenvalue weighted by Gasteiger charge is 2.56. The first-order valence-electron chi connectivity index (χ1n) is 7.95. The smallest absolute Gasteiger partial charge is 0.373 e. The number of nitro groups is 1. The van der Waals surface area contributed by atoms with E-state index in [0.29, 0.717) is 11.3 Å². The Morgan fingerprint density at radius 2 is 1.97 bits per heavy atom. The molecule has 30 heavy (non-hydrogen) atoms. The molecule has 0 saturated heterocycles. The zero-order valence-electron chi connectivity index (χ0n) is 14.8. The highest BCUT2D eigenvalue weighted by atomic mass is 32.2. The second-order valence-electron chi connectivity index (χ2n) is 6.49. The second kappa shape index (κ2) is 6.85. The van der Waals surface area contributed by atoms with Crippen LogP contribution in [0.2, 0.25) is 0 Å². The summed E-state index contributed by atoms with van der Waals surface area (Å²) in [6.45, 7) is 0.198. The van der Waals surface area contributed by atoms with E-state index in [9.17, 15) is 46.4 Å². The highest BCUT2D eigenvalue weighted by molar-refractivity contribution is 7.90. The molecule has 0 spiro atoms. The number of amides is 1. The van der Waals surface area contributed by atoms with E-state index in [4.69, 9.17) is 0 Å². The Bertz CT molecular complexity index is 1200. The largest absolute Gasteiger partial charge is 0.426 e. The molecule has 1 atom stereocenters. The third-order valence-electron chi connectivity index (χ3n) is 4.36. The number of hydrogen-bond donors (Lipinski definition) is 2. The number of carbonyl (C=O) groups is 2. The van der Waals surface area contributed by atoms with Crippen LogP contribution in [0, 0.1) is 10.1 Å². The molecule has 1 aromatic heterocycles. The summed E-state index contributed by atoms with van der Waals surface area (Å²) >= 11 is 0.411. The zero-order valence-corrected chi connectivity index (χ0v) is 16.4. The molecule has 9 nitrogen and oxygen atoms in total. The SMILES string of the molecule is C[C@](O)(C(=O)Nc1cccc2c1C(=O)c1sc([N+](=O)[O-])cc1CS2(=O)=O)C(F)(F)F. The van der Waals surface area contributed by atoms with Crippen LogP contribution >= 0.6 is 11.3 Å². The quantitative estimate of drug-likeness (QED) is 0.524. The molecule has 0 radical (unpaired) electrons. The van der Waals surface area contributed by atoms with Gasteiger partial charge >= 0.3 is 11.2 Å². The van der Waals surface area contributed by atoms with E-state index in [2.05, 4.69) is 0 Å². The lowest BCUT2D eigenvalue weighted by atomic mass is 10.0. The first kappa shape index (κ1) is 21.9. The van der Waals surface area contributed by atoms with Crippen LogP contribution in [0.15, 0.2) is 29.2 Å². The molecule has 0 aliphatic carbocycles. The fraction of sp³-hybridized carbons (Fsp3) is 0.250. The molecule has 1 aliphatic heterocycles. The van der Waals surface area contributed by atoms with Crippen LogP contribution in [0.3, 0.4) is 0 Å². The standard InChI is InChI=1S/C16H11F3N2O7S2/c1-15(24,16(17,18)19)14(23)20-8-3-2-4-9-11(8)12(22)13-7(6-30(9,27)28)5-10(29-13)21(25)26/h2-5,24H,6H2,1H3,(H,20,23)/t15-/m0/s1. The van der Waals surface area contributed by atoms with E-state index in [1.165, 1.54) is 0 Å². The van der Waals surface area contributed by atoms with E-state index in [1.54, 1.807) is 5.32 Å². The van der Waals surface area contributed by atoms with E-state index in [-0.39, 0.29) is 17.4 Å². The highest BCUT2D eigenvalue weighted by Crippen LogP contribution is 2.40. The van der Waals surface area contributed by atoms with Crippen molar-refractivity contribution in [3.63, 3.8) is 0 Å². The number of nitrogens with zero attached hydrogens (tertiary/aromatic N) is 1. The third-order valence-corrected chi connectivity index (χ3v) is 7.19. The van der Waals surface area contributed by atoms with Crippen LogP contribution in [0.25, 0.3) is 0 Å². The number of benzene rings is 1. The number of fused-ring (bicyclic) bond motifs is 2. The Hall–Kier alpha value is -2.84. The molecule has 14 heteroatoms. The van der Waals surface area contributed by atoms with Crippen molar-refractivity contribution in [1.82, 2.24) is 0 Å². The number of anilines is 1. The average Bonchev–Trinajstić information content (AvgIpc) is 3.00. The summed E-state index contributed by atoms with van der Waals surface area (Å²) in [7, 11) is -4.23. The molecule has 1 amide bonds. The van der Waals surface area contributed by atoms with Crippen LogP contribution < -0.4 is 5.32 Å². The third kappa shape index (κ3) is 3.46. The molecular formula is C16H11F3N2O7S2. The maximum Gasteiger partial charge on any atom is 0.426 e. The van der Waals surface area contributed by atoms with Gasteiger partial charge in [-0.3, -0.25) is 19.7 Å². The van der Waals surface area contributed by atoms with Gasteiger partial charge in [-0.1, -0.05) is 17.4 Å². The lowest BCUT2D eigenvalue weighted by Gasteiger charge is -2.25. The number of aliphatic hydroxyl groups is 1. The molecule has 0 fully saturated rings. The van der Waals surface area contributed by atoms with E-state index in [0.717, 1.165) is 24.3 Å². The van der Waals surface area contributed by atoms with Crippen molar-refractivity contribution in [3.8, 4) is 0 Å². The van der Waals surface area contributed by atoms with Crippen molar-refractivity contribution in [2.24, 2.45) is 0 Å². The predicted octanol–water partition coefficient (Wildman–Crippen LogP) is 2.43. The Balaban J connectivity index is 2.18. The summed E-state index contributed by atoms with van der Waals surface area (Å²) in [6.07, 6.45) is -5.35. The van der Waals surface area contributed by atoms with E-state index >= 15 is 0 Å². The van der Waals surface area contributed by atoms with Gasteiger partial charge < -0.3 is 10.4 Å². The van der Waals surface area contributed by atoms with Gasteiger partial charge in [0.2, 0.25) is 11.4 Å². The molecule has 0 bridgehead atoms. The molecule has 160 valence electrons. The zero-order chi connectivity index (χ0) is 22.6. The van der Waals surface area contributed by atoms with Crippen molar-refractivity contribution in [3.05, 3.63) is 50.4 Å². The molecule has 0 unspecified atom stereocenters. The normalized spacial score (nSPS) is 17.3. The number of ketones is 1. The first-order chi connectivity index (χ1) is 13.7. The average molecular weight is 464 g/mol. The molecule has 1 aliphatic rings. The summed E-state index contributed by atoms with van der Waals surface area (Å²) < 4.78 is 64.2. The lowest BCUT2D eigenvalue weighted by Crippen LogP contribution is -2.52. The Morgan fingerprint density at radius 1 is 1.33 bits per heavy atom. The molecule has 2 heterocycles. The minimum absolute atomic E-state index is 0.132. The summed E-state index contributed by atoms with van der Waals surface area (Å²) in [5, 5.41) is 21.8. The number of rotatable bonds is 3. The van der Waals surface area contributed by atoms with Gasteiger partial charge in [0.05, 0.1) is 31.7 Å². The number of thiophene rings is 1. The van der Waals surface area contributed by atoms with Gasteiger partial charge in [0.25, 0.3) is 5.91 Å². The number of hydrogen-bond acceptors (Lipinski definition) is 8. The van der Waals surface area contributed by atoms with Gasteiger partial charge in [-0.25, -0.2) is 8.42 Å². The molecule has 2 N–H and O–H groups in total. The fourth-order valence-corrected chi connectivity index (χ4v) is 5.33. The van der Waals surface area contributed by atoms with Gasteiger partial charge in [0, 0.05) is 6.07 Å². The predicted molar refractivity (Wildman–Crippen MR) is 97.0 cm³/mol. The van der Waals surface area contributed by atoms with Crippen molar-refractivity contribution >= 4 is 43.6 Å². The molecular weight excluding hydrogens is 453 g/mol. The summed E-state index contributed by atoms with van der Waals surface area (Å²) in [5.41, 5.74) is -5.18. The van der Waals surface area contributed by atoms with Crippen molar-refractivity contribution in [1.29, 1.82) is 0 Å². The van der Waals surface area contributed by atoms with Crippen molar-refractivity contribution < 1.29 is 41.2 Å². The number of nitrogens with one attached hydrogen (secondary N) is 1. The number of alkyl halides is 3. The van der Waals surface area contributed by atoms with Crippen LogP contribution in [-0.2, 0) is 20.4 Å².